The zero-order chi connectivity index (χ0) is 102. The number of halogens is 8. The van der Waals surface area contributed by atoms with Crippen LogP contribution in [-0.4, -0.2) is 224 Å². The standard InChI is InChI=1S/C26H29F2N9O.C26H28F2N8O.C25H26F2N8O.C22H22F2N8/c1-14(2)37-15(3)31-24-18(27)8-16(9-21(24)37)23-19(28)11-30-26(33-23)34-25-29-10-17-12-36(7-6-20(17)32-25)22(38)13-35(4)5;1-14(2)36-15(3)30-24-18(27)10-16(11-21(24)36)23-19(28)12-29-26(33-23)32-22-7-6-17-20(31-22)13-35(25(17)37)9-8-34(4)5;1-13(2)35-14(3)30-24-17(26)8-16(9-20(24)35)23-18(27)11-29-25(33-23)32-21-5-4-15-12-34(22(36)10-28)7-6-19(15)31-21;1-11(2)32-12(3)28-20-15(23)6-13(7-18(20)32)19-16(24)10-27-22(30-19)31-21-26-9-14-8-25-5-4-17(14)29-21/h8-11,14H,6-7,12-13H2,1-5H3,(H,29,30,32,33,34);6-7,10-12,14H,8-9,13H2,1-5H3,(H,29,31,32,33);4-5,8-9,11,13H,6-7,10,12,28H2,1-3H3,(H,29,31,32,33);6-7,9-11,25H,4-5,8H2,1-3H3,(H,26,27,29,30,31). The predicted octanol–water partition coefficient (Wildman–Crippen LogP) is 15.4. The first-order chi connectivity index (χ1) is 68.4. The van der Waals surface area contributed by atoms with Crippen LogP contribution < -0.4 is 32.3 Å². The molecule has 0 atom stereocenters. The molecule has 0 spiro atoms. The van der Waals surface area contributed by atoms with Gasteiger partial charge in [-0.3, -0.25) is 25.0 Å². The summed E-state index contributed by atoms with van der Waals surface area (Å²) in [6.45, 7) is 28.7. The number of nitrogens with one attached hydrogen (secondary N) is 5. The molecule has 16 aromatic rings. The van der Waals surface area contributed by atoms with Gasteiger partial charge in [-0.15, -0.1) is 0 Å². The van der Waals surface area contributed by atoms with Crippen LogP contribution in [0, 0.1) is 74.2 Å². The van der Waals surface area contributed by atoms with Gasteiger partial charge in [0.1, 0.15) is 79.8 Å². The van der Waals surface area contributed by atoms with Crippen LogP contribution in [0.5, 0.6) is 0 Å². The van der Waals surface area contributed by atoms with Crippen molar-refractivity contribution >= 4 is 109 Å². The number of fused-ring (bicyclic) bond motifs is 8. The van der Waals surface area contributed by atoms with Crippen LogP contribution in [0.4, 0.5) is 82.4 Å². The van der Waals surface area contributed by atoms with Crippen LogP contribution in [0.3, 0.4) is 0 Å². The summed E-state index contributed by atoms with van der Waals surface area (Å²) in [5.41, 5.74) is 16.4. The molecule has 3 amide bonds. The highest BCUT2D eigenvalue weighted by Crippen LogP contribution is 2.38. The van der Waals surface area contributed by atoms with Gasteiger partial charge in [0.2, 0.25) is 47.5 Å². The van der Waals surface area contributed by atoms with Crippen LogP contribution >= 0.6 is 0 Å². The molecule has 7 N–H and O–H groups in total. The summed E-state index contributed by atoms with van der Waals surface area (Å²) in [7, 11) is 7.63. The second-order valence-electron chi connectivity index (χ2n) is 36.7. The highest BCUT2D eigenvalue weighted by atomic mass is 19.2. The maximum Gasteiger partial charge on any atom is 0.256 e. The van der Waals surface area contributed by atoms with Crippen molar-refractivity contribution in [1.29, 1.82) is 0 Å². The number of hydrogen-bond donors (Lipinski definition) is 6. The highest BCUT2D eigenvalue weighted by Gasteiger charge is 2.32. The van der Waals surface area contributed by atoms with Crippen LogP contribution in [0.15, 0.2) is 110 Å². The predicted molar refractivity (Wildman–Crippen MR) is 523 cm³/mol. The lowest BCUT2D eigenvalue weighted by atomic mass is 10.1. The minimum absolute atomic E-state index is 0.0142. The second-order valence-corrected chi connectivity index (χ2v) is 36.7. The van der Waals surface area contributed by atoms with Crippen molar-refractivity contribution in [2.24, 2.45) is 5.73 Å². The molecule has 0 saturated heterocycles. The average Bonchev–Trinajstić information content (AvgIpc) is 1.61. The first-order valence-electron chi connectivity index (χ1n) is 46.5. The van der Waals surface area contributed by atoms with E-state index < -0.39 is 46.5 Å². The number of aryl methyl sites for hydroxylation is 4. The molecule has 0 radical (unpaired) electrons. The SMILES string of the molecule is Cc1nc2c(F)cc(-c3nc(Nc4ccc5c(n4)CCN(C(=O)CN)C5)ncc3F)cc2n1C(C)C.Cc1nc2c(F)cc(-c3nc(Nc4ccc5c(n4)CN(CCN(C)C)C5=O)ncc3F)cc2n1C(C)C.Cc1nc2c(F)cc(-c3nc(Nc4ncc5c(n4)CCN(C(=O)CN(C)C)C5)ncc3F)cc2n1C(C)C.Cc1nc2c(F)cc(-c3nc(Nc4ncc5c(n4)CCNC5)ncc3F)cc2n1C(C)C. The van der Waals surface area contributed by atoms with Crippen LogP contribution in [-0.2, 0) is 55.0 Å². The van der Waals surface area contributed by atoms with Gasteiger partial charge in [-0.05, 0) is 184 Å². The zero-order valence-electron chi connectivity index (χ0n) is 81.5. The minimum Gasteiger partial charge on any atom is -0.337 e. The monoisotopic (exact) mass is 1960 g/mol. The number of anilines is 8. The molecule has 20 rings (SSSR count). The molecule has 0 unspecified atom stereocenters. The Hall–Kier alpha value is -15.6. The molecule has 740 valence electrons. The van der Waals surface area contributed by atoms with E-state index in [9.17, 15) is 49.5 Å². The number of carbonyl (C=O) groups is 3. The fourth-order valence-electron chi connectivity index (χ4n) is 18.1. The number of benzene rings is 4. The van der Waals surface area contributed by atoms with Gasteiger partial charge in [0.25, 0.3) is 5.91 Å². The van der Waals surface area contributed by atoms with E-state index in [1.807, 2.05) is 145 Å². The van der Waals surface area contributed by atoms with Crippen molar-refractivity contribution in [3.05, 3.63) is 225 Å². The number of aromatic nitrogens is 22. The van der Waals surface area contributed by atoms with Crippen LogP contribution in [0.2, 0.25) is 0 Å². The van der Waals surface area contributed by atoms with Gasteiger partial charge in [-0.25, -0.2) is 125 Å². The van der Waals surface area contributed by atoms with Gasteiger partial charge in [0.05, 0.1) is 89.1 Å². The fourth-order valence-corrected chi connectivity index (χ4v) is 18.1. The molecule has 4 aliphatic heterocycles. The molecule has 0 fully saturated rings. The number of nitrogens with zero attached hydrogens (tertiary/aromatic N) is 27. The quantitative estimate of drug-likeness (QED) is 0.0343. The molecule has 0 aliphatic carbocycles. The molecular formula is C99H105F8N33O3. The summed E-state index contributed by atoms with van der Waals surface area (Å²) in [5.74, 6) is -0.316. The van der Waals surface area contributed by atoms with Crippen molar-refractivity contribution in [2.75, 3.05) is 95.3 Å². The van der Waals surface area contributed by atoms with Crippen molar-refractivity contribution in [3.63, 3.8) is 0 Å². The van der Waals surface area contributed by atoms with Gasteiger partial charge >= 0.3 is 0 Å². The van der Waals surface area contributed by atoms with Crippen molar-refractivity contribution in [1.82, 2.24) is 138 Å². The summed E-state index contributed by atoms with van der Waals surface area (Å²) in [6, 6.07) is 18.9. The van der Waals surface area contributed by atoms with Gasteiger partial charge in [0, 0.05) is 147 Å². The lowest BCUT2D eigenvalue weighted by molar-refractivity contribution is -0.133. The summed E-state index contributed by atoms with van der Waals surface area (Å²) in [4.78, 5) is 124. The molecule has 44 heteroatoms. The number of likely N-dealkylation sites (N-methyl/N-ethyl adjacent to an activating group) is 2. The number of carbonyl (C=O) groups excluding carboxylic acids is 3. The Kier molecular flexibility index (Phi) is 28.6. The highest BCUT2D eigenvalue weighted by molar-refractivity contribution is 5.98. The van der Waals surface area contributed by atoms with Gasteiger partial charge < -0.3 is 64.5 Å². The zero-order valence-corrected chi connectivity index (χ0v) is 81.5. The van der Waals surface area contributed by atoms with Crippen molar-refractivity contribution < 1.29 is 49.5 Å². The molecular weight excluding hydrogens is 1850 g/mol. The van der Waals surface area contributed by atoms with Gasteiger partial charge in [-0.2, -0.15) is 0 Å². The van der Waals surface area contributed by atoms with Gasteiger partial charge in [-0.1, -0.05) is 6.07 Å². The normalized spacial score (nSPS) is 13.4. The molecule has 4 aliphatic rings. The summed E-state index contributed by atoms with van der Waals surface area (Å²) in [5, 5.41) is 15.1. The third-order valence-corrected chi connectivity index (χ3v) is 24.5. The number of nitrogens with two attached hydrogens (primary N) is 1. The maximum atomic E-state index is 15.0. The summed E-state index contributed by atoms with van der Waals surface area (Å²) < 4.78 is 126. The minimum atomic E-state index is -0.685. The van der Waals surface area contributed by atoms with E-state index in [0.29, 0.717) is 138 Å². The van der Waals surface area contributed by atoms with E-state index in [0.717, 1.165) is 84.6 Å². The summed E-state index contributed by atoms with van der Waals surface area (Å²) in [6.07, 6.45) is 9.57. The lowest BCUT2D eigenvalue weighted by Gasteiger charge is -2.29. The molecule has 143 heavy (non-hydrogen) atoms. The van der Waals surface area contributed by atoms with E-state index >= 15 is 0 Å². The fraction of sp³-hybridized carbons (Fsp3) is 0.343. The third kappa shape index (κ3) is 21.1. The van der Waals surface area contributed by atoms with E-state index in [2.05, 4.69) is 116 Å². The van der Waals surface area contributed by atoms with Crippen molar-refractivity contribution in [3.8, 4) is 45.0 Å². The van der Waals surface area contributed by atoms with E-state index in [-0.39, 0.29) is 140 Å². The number of hydrogen-bond acceptors (Lipinski definition) is 29. The smallest absolute Gasteiger partial charge is 0.256 e. The molecule has 0 saturated carbocycles. The molecule has 16 heterocycles. The molecule has 4 aromatic carbocycles. The Morgan fingerprint density at radius 3 is 1.13 bits per heavy atom. The first-order valence-corrected chi connectivity index (χ1v) is 46.5. The van der Waals surface area contributed by atoms with E-state index in [4.69, 9.17) is 5.73 Å². The largest absolute Gasteiger partial charge is 0.337 e. The summed E-state index contributed by atoms with van der Waals surface area (Å²) >= 11 is 0. The Balaban J connectivity index is 0.000000131. The average molecular weight is 1960 g/mol. The molecule has 0 bridgehead atoms. The lowest BCUT2D eigenvalue weighted by Crippen LogP contribution is -2.41. The Morgan fingerprint density at radius 1 is 0.392 bits per heavy atom. The topological polar surface area (TPSA) is 405 Å². The van der Waals surface area contributed by atoms with Gasteiger partial charge in [0.15, 0.2) is 46.5 Å². The number of rotatable bonds is 22. The van der Waals surface area contributed by atoms with E-state index in [1.54, 1.807) is 69.6 Å². The number of imidazole rings is 4. The molecule has 12 aromatic heterocycles. The Morgan fingerprint density at radius 2 is 0.741 bits per heavy atom. The van der Waals surface area contributed by atoms with Crippen LogP contribution in [0.1, 0.15) is 153 Å². The Labute approximate surface area is 816 Å². The van der Waals surface area contributed by atoms with E-state index in [1.165, 1.54) is 24.3 Å². The second kappa shape index (κ2) is 41.3. The number of amides is 3. The Bertz CT molecular complexity index is 7630. The molecule has 36 nitrogen and oxygen atoms in total. The number of pyridine rings is 2. The first kappa shape index (κ1) is 99.0. The van der Waals surface area contributed by atoms with Crippen LogP contribution in [0.25, 0.3) is 89.2 Å². The maximum absolute atomic E-state index is 15.0. The third-order valence-electron chi connectivity index (χ3n) is 24.5. The van der Waals surface area contributed by atoms with Crippen molar-refractivity contribution in [2.45, 2.75) is 153 Å².